The summed E-state index contributed by atoms with van der Waals surface area (Å²) < 4.78 is 37.3. The molecule has 0 aromatic heterocycles. The second-order valence-electron chi connectivity index (χ2n) is 1.78. The Morgan fingerprint density at radius 2 is 1.73 bits per heavy atom. The van der Waals surface area contributed by atoms with Crippen LogP contribution in [0.3, 0.4) is 0 Å². The maximum atomic E-state index is 12.5. The van der Waals surface area contributed by atoms with Gasteiger partial charge in [0.15, 0.2) is 17.5 Å². The SMILES string of the molecule is Fc1cc(I)c(Cl)c(F)c1F. The molecule has 0 aliphatic rings. The van der Waals surface area contributed by atoms with Gasteiger partial charge in [-0.15, -0.1) is 0 Å². The Balaban J connectivity index is 3.46. The predicted molar refractivity (Wildman–Crippen MR) is 44.0 cm³/mol. The van der Waals surface area contributed by atoms with Gasteiger partial charge in [-0.3, -0.25) is 0 Å². The summed E-state index contributed by atoms with van der Waals surface area (Å²) in [6.07, 6.45) is 0. The summed E-state index contributed by atoms with van der Waals surface area (Å²) in [6, 6.07) is 0.835. The van der Waals surface area contributed by atoms with Gasteiger partial charge < -0.3 is 0 Å². The van der Waals surface area contributed by atoms with Crippen molar-refractivity contribution in [2.24, 2.45) is 0 Å². The fraction of sp³-hybridized carbons (Fsp3) is 0. The number of rotatable bonds is 0. The van der Waals surface area contributed by atoms with Gasteiger partial charge in [0.05, 0.1) is 5.02 Å². The van der Waals surface area contributed by atoms with Crippen molar-refractivity contribution >= 4 is 34.2 Å². The molecule has 1 aromatic carbocycles. The first-order chi connectivity index (χ1) is 5.04. The van der Waals surface area contributed by atoms with E-state index in [0.717, 1.165) is 6.07 Å². The number of benzene rings is 1. The predicted octanol–water partition coefficient (Wildman–Crippen LogP) is 3.36. The van der Waals surface area contributed by atoms with Gasteiger partial charge in [0.2, 0.25) is 0 Å². The molecule has 0 fully saturated rings. The topological polar surface area (TPSA) is 0 Å². The number of halogens is 5. The molecule has 1 rings (SSSR count). The van der Waals surface area contributed by atoms with E-state index >= 15 is 0 Å². The van der Waals surface area contributed by atoms with E-state index in [2.05, 4.69) is 0 Å². The third-order valence-corrected chi connectivity index (χ3v) is 2.60. The molecule has 0 spiro atoms. The highest BCUT2D eigenvalue weighted by molar-refractivity contribution is 14.1. The highest BCUT2D eigenvalue weighted by atomic mass is 127. The van der Waals surface area contributed by atoms with Crippen LogP contribution in [0.1, 0.15) is 0 Å². The normalized spacial score (nSPS) is 10.3. The fourth-order valence-corrected chi connectivity index (χ4v) is 1.19. The average molecular weight is 292 g/mol. The van der Waals surface area contributed by atoms with Crippen molar-refractivity contribution in [3.05, 3.63) is 32.1 Å². The summed E-state index contributed by atoms with van der Waals surface area (Å²) in [4.78, 5) is 0. The van der Waals surface area contributed by atoms with Gasteiger partial charge in [-0.2, -0.15) is 0 Å². The van der Waals surface area contributed by atoms with Crippen LogP contribution >= 0.6 is 34.2 Å². The van der Waals surface area contributed by atoms with Gasteiger partial charge in [-0.05, 0) is 28.7 Å². The van der Waals surface area contributed by atoms with Gasteiger partial charge in [0.1, 0.15) is 0 Å². The van der Waals surface area contributed by atoms with Crippen LogP contribution in [0.2, 0.25) is 5.02 Å². The van der Waals surface area contributed by atoms with Gasteiger partial charge in [-0.1, -0.05) is 11.6 Å². The van der Waals surface area contributed by atoms with Gasteiger partial charge >= 0.3 is 0 Å². The highest BCUT2D eigenvalue weighted by Gasteiger charge is 2.15. The van der Waals surface area contributed by atoms with Crippen LogP contribution in [-0.2, 0) is 0 Å². The summed E-state index contributed by atoms with van der Waals surface area (Å²) in [5.74, 6) is -4.09. The Morgan fingerprint density at radius 3 is 2.27 bits per heavy atom. The molecule has 1 aromatic rings. The molecule has 0 N–H and O–H groups in total. The van der Waals surface area contributed by atoms with Crippen molar-refractivity contribution in [1.82, 2.24) is 0 Å². The Bertz CT molecular complexity index is 274. The smallest absolute Gasteiger partial charge is 0.196 e. The summed E-state index contributed by atoms with van der Waals surface area (Å²) in [5.41, 5.74) is 0. The third kappa shape index (κ3) is 1.61. The minimum Gasteiger partial charge on any atom is -0.204 e. The summed E-state index contributed by atoms with van der Waals surface area (Å²) >= 11 is 6.88. The first-order valence-corrected chi connectivity index (χ1v) is 3.98. The summed E-state index contributed by atoms with van der Waals surface area (Å²) in [7, 11) is 0. The Kier molecular flexibility index (Phi) is 2.64. The molecule has 11 heavy (non-hydrogen) atoms. The highest BCUT2D eigenvalue weighted by Crippen LogP contribution is 2.25. The zero-order valence-corrected chi connectivity index (χ0v) is 7.88. The van der Waals surface area contributed by atoms with E-state index in [1.807, 2.05) is 0 Å². The fourth-order valence-electron chi connectivity index (χ4n) is 0.544. The third-order valence-electron chi connectivity index (χ3n) is 1.06. The van der Waals surface area contributed by atoms with E-state index in [4.69, 9.17) is 11.6 Å². The molecule has 0 unspecified atom stereocenters. The van der Waals surface area contributed by atoms with Crippen molar-refractivity contribution in [2.45, 2.75) is 0 Å². The lowest BCUT2D eigenvalue weighted by molar-refractivity contribution is 0.446. The Morgan fingerprint density at radius 1 is 1.18 bits per heavy atom. The van der Waals surface area contributed by atoms with Crippen LogP contribution in [-0.4, -0.2) is 0 Å². The largest absolute Gasteiger partial charge is 0.204 e. The monoisotopic (exact) mass is 292 g/mol. The van der Waals surface area contributed by atoms with Crippen LogP contribution in [0.4, 0.5) is 13.2 Å². The molecule has 0 saturated heterocycles. The molecular weight excluding hydrogens is 291 g/mol. The zero-order chi connectivity index (χ0) is 8.59. The van der Waals surface area contributed by atoms with E-state index < -0.39 is 17.5 Å². The summed E-state index contributed by atoms with van der Waals surface area (Å²) in [6.45, 7) is 0. The van der Waals surface area contributed by atoms with E-state index in [1.54, 1.807) is 22.6 Å². The van der Waals surface area contributed by atoms with Crippen molar-refractivity contribution in [3.63, 3.8) is 0 Å². The van der Waals surface area contributed by atoms with Crippen LogP contribution in [0.25, 0.3) is 0 Å². The van der Waals surface area contributed by atoms with Crippen LogP contribution < -0.4 is 0 Å². The minimum absolute atomic E-state index is 0.153. The molecule has 0 bridgehead atoms. The molecule has 0 saturated carbocycles. The molecule has 0 radical (unpaired) electrons. The first-order valence-electron chi connectivity index (χ1n) is 2.52. The van der Waals surface area contributed by atoms with Gasteiger partial charge in [-0.25, -0.2) is 13.2 Å². The van der Waals surface area contributed by atoms with Crippen molar-refractivity contribution in [2.75, 3.05) is 0 Å². The average Bonchev–Trinajstić information content (AvgIpc) is 1.97. The molecule has 0 heterocycles. The van der Waals surface area contributed by atoms with E-state index in [-0.39, 0.29) is 8.59 Å². The Hall–Kier alpha value is 0.0300. The Labute approximate surface area is 79.5 Å². The van der Waals surface area contributed by atoms with Crippen molar-refractivity contribution < 1.29 is 13.2 Å². The second kappa shape index (κ2) is 3.18. The van der Waals surface area contributed by atoms with E-state index in [9.17, 15) is 13.2 Å². The molecule has 0 nitrogen and oxygen atoms in total. The maximum Gasteiger partial charge on any atom is 0.196 e. The van der Waals surface area contributed by atoms with Crippen LogP contribution in [0.5, 0.6) is 0 Å². The lowest BCUT2D eigenvalue weighted by Gasteiger charge is -1.99. The quantitative estimate of drug-likeness (QED) is 0.391. The number of hydrogen-bond acceptors (Lipinski definition) is 0. The van der Waals surface area contributed by atoms with Crippen molar-refractivity contribution in [3.8, 4) is 0 Å². The zero-order valence-electron chi connectivity index (χ0n) is 4.97. The molecule has 0 atom stereocenters. The maximum absolute atomic E-state index is 12.5. The van der Waals surface area contributed by atoms with Crippen LogP contribution in [0.15, 0.2) is 6.07 Å². The molecule has 60 valence electrons. The van der Waals surface area contributed by atoms with E-state index in [0.29, 0.717) is 0 Å². The molecule has 0 aliphatic heterocycles. The van der Waals surface area contributed by atoms with Crippen molar-refractivity contribution in [1.29, 1.82) is 0 Å². The molecule has 5 heteroatoms. The molecular formula is C6HClF3I. The lowest BCUT2D eigenvalue weighted by atomic mass is 10.3. The van der Waals surface area contributed by atoms with Gasteiger partial charge in [0, 0.05) is 3.57 Å². The van der Waals surface area contributed by atoms with E-state index in [1.165, 1.54) is 0 Å². The minimum atomic E-state index is -1.53. The standard InChI is InChI=1S/C6HClF3I/c7-4-3(11)1-2(8)5(9)6(4)10/h1H. The summed E-state index contributed by atoms with van der Waals surface area (Å²) in [5, 5.41) is -0.385. The first kappa shape index (κ1) is 9.12. The second-order valence-corrected chi connectivity index (χ2v) is 3.32. The molecule has 0 aliphatic carbocycles. The van der Waals surface area contributed by atoms with Gasteiger partial charge in [0.25, 0.3) is 0 Å². The van der Waals surface area contributed by atoms with Crippen LogP contribution in [0, 0.1) is 21.0 Å². The number of hydrogen-bond donors (Lipinski definition) is 0. The molecule has 0 amide bonds. The lowest BCUT2D eigenvalue weighted by Crippen LogP contribution is -1.93.